The minimum Gasteiger partial charge on any atom is -0.444 e. The lowest BCUT2D eigenvalue weighted by atomic mass is 10.0. The third-order valence-electron chi connectivity index (χ3n) is 3.13. The molecule has 0 aromatic heterocycles. The van der Waals surface area contributed by atoms with Gasteiger partial charge >= 0.3 is 6.09 Å². The second-order valence-electron chi connectivity index (χ2n) is 6.90. The van der Waals surface area contributed by atoms with Crippen molar-refractivity contribution < 1.29 is 20.5 Å². The molecule has 1 aromatic rings. The van der Waals surface area contributed by atoms with Crippen LogP contribution in [0.15, 0.2) is 30.3 Å². The van der Waals surface area contributed by atoms with Crippen LogP contribution >= 0.6 is 0 Å². The SMILES string of the molecule is [2H]N(C(=O)OC(C)(C)C)[C@@H](Cc1ccccc1)C(=O)N[C@H](C)CC(N)=O. The molecule has 3 amide bonds. The lowest BCUT2D eigenvalue weighted by Gasteiger charge is -2.24. The van der Waals surface area contributed by atoms with Gasteiger partial charge in [-0.05, 0) is 33.3 Å². The highest BCUT2D eigenvalue weighted by Gasteiger charge is 2.25. The van der Waals surface area contributed by atoms with E-state index < -0.39 is 35.6 Å². The van der Waals surface area contributed by atoms with Gasteiger partial charge in [0.1, 0.15) is 11.6 Å². The number of amides is 3. The molecule has 0 aliphatic carbocycles. The molecule has 0 unspecified atom stereocenters. The minimum atomic E-state index is -1.11. The van der Waals surface area contributed by atoms with Crippen LogP contribution in [0.2, 0.25) is 1.41 Å². The van der Waals surface area contributed by atoms with E-state index in [1.807, 2.05) is 18.2 Å². The Morgan fingerprint density at radius 2 is 1.84 bits per heavy atom. The number of primary amides is 1. The Morgan fingerprint density at radius 1 is 1.24 bits per heavy atom. The van der Waals surface area contributed by atoms with Crippen LogP contribution in [0.3, 0.4) is 0 Å². The van der Waals surface area contributed by atoms with Gasteiger partial charge in [-0.15, -0.1) is 0 Å². The van der Waals surface area contributed by atoms with Gasteiger partial charge in [0.05, 0.1) is 0 Å². The van der Waals surface area contributed by atoms with Crippen molar-refractivity contribution in [2.45, 2.75) is 58.2 Å². The van der Waals surface area contributed by atoms with Crippen molar-refractivity contribution in [1.82, 2.24) is 10.6 Å². The van der Waals surface area contributed by atoms with E-state index in [0.29, 0.717) is 5.31 Å². The highest BCUT2D eigenvalue weighted by molar-refractivity contribution is 5.86. The monoisotopic (exact) mass is 350 g/mol. The zero-order valence-electron chi connectivity index (χ0n) is 16.1. The number of carbonyl (C=O) groups is 3. The molecule has 0 aliphatic heterocycles. The molecule has 0 radical (unpaired) electrons. The van der Waals surface area contributed by atoms with E-state index in [1.54, 1.807) is 39.8 Å². The molecule has 1 rings (SSSR count). The first-order valence-corrected chi connectivity index (χ1v) is 8.13. The smallest absolute Gasteiger partial charge is 0.408 e. The first-order chi connectivity index (χ1) is 12.0. The van der Waals surface area contributed by atoms with Crippen molar-refractivity contribution in [3.05, 3.63) is 35.9 Å². The van der Waals surface area contributed by atoms with Gasteiger partial charge in [-0.3, -0.25) is 9.59 Å². The maximum atomic E-state index is 12.6. The van der Waals surface area contributed by atoms with Crippen LogP contribution in [-0.2, 0) is 20.7 Å². The van der Waals surface area contributed by atoms with Crippen LogP contribution < -0.4 is 16.4 Å². The van der Waals surface area contributed by atoms with Crippen LogP contribution in [0.4, 0.5) is 4.79 Å². The summed E-state index contributed by atoms with van der Waals surface area (Å²) in [6.07, 6.45) is -0.816. The van der Waals surface area contributed by atoms with Crippen molar-refractivity contribution in [3.63, 3.8) is 0 Å². The predicted octanol–water partition coefficient (Wildman–Crippen LogP) is 1.50. The molecule has 0 aliphatic rings. The minimum absolute atomic E-state index is 0.0335. The fraction of sp³-hybridized carbons (Fsp3) is 0.500. The first kappa shape index (κ1) is 18.8. The second kappa shape index (κ2) is 9.05. The lowest BCUT2D eigenvalue weighted by Crippen LogP contribution is -2.51. The van der Waals surface area contributed by atoms with E-state index in [4.69, 9.17) is 11.9 Å². The number of nitrogens with one attached hydrogen (secondary N) is 2. The fourth-order valence-electron chi connectivity index (χ4n) is 2.14. The van der Waals surface area contributed by atoms with Crippen molar-refractivity contribution in [2.75, 3.05) is 0 Å². The molecule has 138 valence electrons. The molecule has 0 heterocycles. The largest absolute Gasteiger partial charge is 0.444 e. The molecular weight excluding hydrogens is 322 g/mol. The fourth-order valence-corrected chi connectivity index (χ4v) is 2.14. The summed E-state index contributed by atoms with van der Waals surface area (Å²) in [6.45, 7) is 6.67. The topological polar surface area (TPSA) is 111 Å². The second-order valence-corrected chi connectivity index (χ2v) is 6.90. The van der Waals surface area contributed by atoms with Gasteiger partial charge in [-0.2, -0.15) is 0 Å². The van der Waals surface area contributed by atoms with Crippen molar-refractivity contribution in [3.8, 4) is 0 Å². The number of rotatable bonds is 7. The number of hydrogen-bond acceptors (Lipinski definition) is 4. The number of nitrogens with two attached hydrogens (primary N) is 1. The average molecular weight is 350 g/mol. The summed E-state index contributed by atoms with van der Waals surface area (Å²) in [6, 6.07) is 7.43. The molecule has 0 bridgehead atoms. The predicted molar refractivity (Wildman–Crippen MR) is 94.7 cm³/mol. The molecule has 2 atom stereocenters. The Hall–Kier alpha value is -2.57. The van der Waals surface area contributed by atoms with Crippen LogP contribution in [0.1, 0.15) is 39.7 Å². The number of hydrogen-bond donors (Lipinski definition) is 3. The van der Waals surface area contributed by atoms with Crippen molar-refractivity contribution in [2.24, 2.45) is 5.73 Å². The highest BCUT2D eigenvalue weighted by Crippen LogP contribution is 2.09. The Bertz CT molecular complexity index is 631. The van der Waals surface area contributed by atoms with Crippen LogP contribution in [0, 0.1) is 0 Å². The molecule has 0 fully saturated rings. The molecule has 4 N–H and O–H groups in total. The zero-order valence-corrected chi connectivity index (χ0v) is 15.1. The Kier molecular flexibility index (Phi) is 6.80. The average Bonchev–Trinajstić information content (AvgIpc) is 2.50. The summed E-state index contributed by atoms with van der Waals surface area (Å²) in [5.41, 5.74) is 5.13. The highest BCUT2D eigenvalue weighted by atomic mass is 16.6. The van der Waals surface area contributed by atoms with E-state index in [1.165, 1.54) is 0 Å². The van der Waals surface area contributed by atoms with Crippen LogP contribution in [0.25, 0.3) is 0 Å². The van der Waals surface area contributed by atoms with Gasteiger partial charge in [0.25, 0.3) is 0 Å². The number of alkyl carbamates (subject to hydrolysis) is 1. The van der Waals surface area contributed by atoms with Gasteiger partial charge in [0.15, 0.2) is 1.41 Å². The molecule has 0 saturated carbocycles. The number of ether oxygens (including phenoxy) is 1. The molecule has 25 heavy (non-hydrogen) atoms. The van der Waals surface area contributed by atoms with E-state index in [-0.39, 0.29) is 12.8 Å². The normalized spacial score (nSPS) is 14.0. The van der Waals surface area contributed by atoms with Gasteiger partial charge in [-0.1, -0.05) is 30.3 Å². The molecular formula is C18H27N3O4. The Balaban J connectivity index is 2.95. The third-order valence-corrected chi connectivity index (χ3v) is 3.13. The van der Waals surface area contributed by atoms with E-state index in [9.17, 15) is 14.4 Å². The summed E-state index contributed by atoms with van der Waals surface area (Å²) in [7, 11) is 0. The summed E-state index contributed by atoms with van der Waals surface area (Å²) in [4.78, 5) is 35.8. The summed E-state index contributed by atoms with van der Waals surface area (Å²) in [5, 5.41) is 3.15. The molecule has 1 aromatic carbocycles. The van der Waals surface area contributed by atoms with Gasteiger partial charge in [0.2, 0.25) is 11.8 Å². The number of benzene rings is 1. The molecule has 0 spiro atoms. The molecule has 7 heteroatoms. The van der Waals surface area contributed by atoms with Gasteiger partial charge in [0, 0.05) is 18.9 Å². The van der Waals surface area contributed by atoms with E-state index in [2.05, 4.69) is 5.32 Å². The maximum Gasteiger partial charge on any atom is 0.408 e. The number of carbonyl (C=O) groups excluding carboxylic acids is 3. The lowest BCUT2D eigenvalue weighted by molar-refractivity contribution is -0.124. The molecule has 0 saturated heterocycles. The van der Waals surface area contributed by atoms with Gasteiger partial charge in [-0.25, -0.2) is 4.79 Å². The van der Waals surface area contributed by atoms with Crippen LogP contribution in [0.5, 0.6) is 0 Å². The Labute approximate surface area is 149 Å². The summed E-state index contributed by atoms with van der Waals surface area (Å²) < 4.78 is 13.3. The standard InChI is InChI=1S/C18H27N3O4/c1-12(10-15(19)22)20-16(23)14(11-13-8-6-5-7-9-13)21-17(24)25-18(2,3)4/h5-9,12,14H,10-11H2,1-4H3,(H2,19,22)(H,20,23)(H,21,24)/t12-,14+/m1/s1/i/hD. The Morgan fingerprint density at radius 3 is 2.36 bits per heavy atom. The van der Waals surface area contributed by atoms with Crippen molar-refractivity contribution in [1.29, 1.82) is 0 Å². The van der Waals surface area contributed by atoms with Crippen LogP contribution in [-0.4, -0.2) is 35.6 Å². The zero-order chi connectivity index (χ0) is 19.9. The van der Waals surface area contributed by atoms with E-state index in [0.717, 1.165) is 5.56 Å². The third kappa shape index (κ3) is 8.74. The van der Waals surface area contributed by atoms with E-state index >= 15 is 0 Å². The van der Waals surface area contributed by atoms with Gasteiger partial charge < -0.3 is 21.1 Å². The quantitative estimate of drug-likeness (QED) is 0.692. The molecule has 7 nitrogen and oxygen atoms in total. The van der Waals surface area contributed by atoms with Crippen molar-refractivity contribution >= 4 is 17.9 Å². The first-order valence-electron chi connectivity index (χ1n) is 8.58. The maximum absolute atomic E-state index is 12.6. The summed E-state index contributed by atoms with van der Waals surface area (Å²) >= 11 is 0. The summed E-state index contributed by atoms with van der Waals surface area (Å²) in [5.74, 6) is -1.10.